The molecule has 5 nitrogen and oxygen atoms in total. The summed E-state index contributed by atoms with van der Waals surface area (Å²) in [7, 11) is 0. The van der Waals surface area contributed by atoms with Crippen molar-refractivity contribution in [2.75, 3.05) is 13.1 Å². The third-order valence-corrected chi connectivity index (χ3v) is 3.77. The Morgan fingerprint density at radius 2 is 2.20 bits per heavy atom. The minimum Gasteiger partial charge on any atom is -0.420 e. The van der Waals surface area contributed by atoms with Crippen LogP contribution in [0.5, 0.6) is 0 Å². The minimum absolute atomic E-state index is 0.152. The van der Waals surface area contributed by atoms with Gasteiger partial charge in [-0.15, -0.1) is 10.2 Å². The Kier molecular flexibility index (Phi) is 3.50. The van der Waals surface area contributed by atoms with E-state index in [0.717, 1.165) is 36.9 Å². The van der Waals surface area contributed by atoms with Gasteiger partial charge >= 0.3 is 0 Å². The smallest absolute Gasteiger partial charge is 0.248 e. The summed E-state index contributed by atoms with van der Waals surface area (Å²) in [6.45, 7) is 3.51. The Morgan fingerprint density at radius 3 is 3.00 bits per heavy atom. The maximum Gasteiger partial charge on any atom is 0.248 e. The van der Waals surface area contributed by atoms with Gasteiger partial charge in [-0.1, -0.05) is 18.2 Å². The molecular weight excluding hydrogens is 254 g/mol. The van der Waals surface area contributed by atoms with E-state index in [1.165, 1.54) is 0 Å². The topological polar surface area (TPSA) is 59.2 Å². The van der Waals surface area contributed by atoms with Crippen LogP contribution in [-0.4, -0.2) is 34.6 Å². The summed E-state index contributed by atoms with van der Waals surface area (Å²) in [5, 5.41) is 8.32. The second-order valence-electron chi connectivity index (χ2n) is 5.20. The number of carbonyl (C=O) groups is 1. The van der Waals surface area contributed by atoms with E-state index in [4.69, 9.17) is 4.42 Å². The van der Waals surface area contributed by atoms with Crippen LogP contribution >= 0.6 is 0 Å². The van der Waals surface area contributed by atoms with Crippen molar-refractivity contribution in [3.63, 3.8) is 0 Å². The summed E-state index contributed by atoms with van der Waals surface area (Å²) in [5.74, 6) is 1.34. The summed E-state index contributed by atoms with van der Waals surface area (Å²) in [6.07, 6.45) is 2.86. The van der Waals surface area contributed by atoms with Gasteiger partial charge in [0.2, 0.25) is 18.2 Å². The van der Waals surface area contributed by atoms with Crippen molar-refractivity contribution in [3.05, 3.63) is 35.7 Å². The standard InChI is InChI=1S/C15H17N3O2/c1-11-5-2-3-7-13(11)15-17-16-14(20-15)12-6-4-8-18(9-12)10-19/h2-3,5,7,10,12H,4,6,8-9H2,1H3/t12-/m0/s1. The number of amides is 1. The zero-order chi connectivity index (χ0) is 13.9. The normalized spacial score (nSPS) is 19.1. The first-order valence-electron chi connectivity index (χ1n) is 6.86. The van der Waals surface area contributed by atoms with E-state index in [2.05, 4.69) is 10.2 Å². The number of nitrogens with zero attached hydrogens (tertiary/aromatic N) is 3. The molecule has 1 aliphatic heterocycles. The quantitative estimate of drug-likeness (QED) is 0.804. The maximum atomic E-state index is 10.9. The van der Waals surface area contributed by atoms with Crippen molar-refractivity contribution in [1.82, 2.24) is 15.1 Å². The SMILES string of the molecule is Cc1ccccc1-c1nnc([C@H]2CCCN(C=O)C2)o1. The molecule has 0 saturated carbocycles. The second kappa shape index (κ2) is 5.45. The van der Waals surface area contributed by atoms with Crippen LogP contribution in [-0.2, 0) is 4.79 Å². The average Bonchev–Trinajstić information content (AvgIpc) is 2.97. The van der Waals surface area contributed by atoms with Gasteiger partial charge in [-0.05, 0) is 31.4 Å². The highest BCUT2D eigenvalue weighted by Crippen LogP contribution is 2.28. The molecule has 3 rings (SSSR count). The highest BCUT2D eigenvalue weighted by Gasteiger charge is 2.25. The number of rotatable bonds is 3. The fourth-order valence-electron chi connectivity index (χ4n) is 2.62. The molecular formula is C15H17N3O2. The molecule has 2 aromatic rings. The van der Waals surface area contributed by atoms with Crippen LogP contribution in [0.4, 0.5) is 0 Å². The van der Waals surface area contributed by atoms with Crippen LogP contribution in [0.2, 0.25) is 0 Å². The van der Waals surface area contributed by atoms with Gasteiger partial charge in [0, 0.05) is 18.7 Å². The summed E-state index contributed by atoms with van der Waals surface area (Å²) in [6, 6.07) is 7.94. The molecule has 1 atom stereocenters. The third kappa shape index (κ3) is 2.43. The Labute approximate surface area is 117 Å². The zero-order valence-electron chi connectivity index (χ0n) is 11.5. The van der Waals surface area contributed by atoms with Crippen molar-refractivity contribution < 1.29 is 9.21 Å². The van der Waals surface area contributed by atoms with Gasteiger partial charge in [0.1, 0.15) is 0 Å². The summed E-state index contributed by atoms with van der Waals surface area (Å²) in [4.78, 5) is 12.6. The number of carbonyl (C=O) groups excluding carboxylic acids is 1. The van der Waals surface area contributed by atoms with Crippen molar-refractivity contribution in [1.29, 1.82) is 0 Å². The van der Waals surface area contributed by atoms with Crippen LogP contribution in [0.3, 0.4) is 0 Å². The lowest BCUT2D eigenvalue weighted by atomic mass is 9.98. The van der Waals surface area contributed by atoms with E-state index in [9.17, 15) is 4.79 Å². The van der Waals surface area contributed by atoms with Crippen molar-refractivity contribution >= 4 is 6.41 Å². The lowest BCUT2D eigenvalue weighted by Crippen LogP contribution is -2.33. The Hall–Kier alpha value is -2.17. The van der Waals surface area contributed by atoms with Gasteiger partial charge in [-0.2, -0.15) is 0 Å². The van der Waals surface area contributed by atoms with E-state index in [0.29, 0.717) is 18.3 Å². The molecule has 0 unspecified atom stereocenters. The predicted octanol–water partition coefficient (Wildman–Crippen LogP) is 2.38. The number of aromatic nitrogens is 2. The molecule has 0 spiro atoms. The molecule has 0 N–H and O–H groups in total. The number of hydrogen-bond acceptors (Lipinski definition) is 4. The highest BCUT2D eigenvalue weighted by atomic mass is 16.4. The monoisotopic (exact) mass is 271 g/mol. The molecule has 0 bridgehead atoms. The molecule has 1 aromatic carbocycles. The lowest BCUT2D eigenvalue weighted by molar-refractivity contribution is -0.119. The molecule has 0 radical (unpaired) electrons. The van der Waals surface area contributed by atoms with Crippen LogP contribution in [0.1, 0.15) is 30.2 Å². The van der Waals surface area contributed by atoms with Gasteiger partial charge in [-0.25, -0.2) is 0 Å². The number of aryl methyl sites for hydroxylation is 1. The summed E-state index contributed by atoms with van der Waals surface area (Å²) < 4.78 is 5.82. The summed E-state index contributed by atoms with van der Waals surface area (Å²) >= 11 is 0. The van der Waals surface area contributed by atoms with Gasteiger partial charge < -0.3 is 9.32 Å². The molecule has 1 amide bonds. The number of piperidine rings is 1. The van der Waals surface area contributed by atoms with E-state index in [1.807, 2.05) is 31.2 Å². The van der Waals surface area contributed by atoms with E-state index in [1.54, 1.807) is 4.90 Å². The third-order valence-electron chi connectivity index (χ3n) is 3.77. The van der Waals surface area contributed by atoms with Gasteiger partial charge in [-0.3, -0.25) is 4.79 Å². The molecule has 20 heavy (non-hydrogen) atoms. The van der Waals surface area contributed by atoms with Crippen LogP contribution in [0, 0.1) is 6.92 Å². The average molecular weight is 271 g/mol. The fourth-order valence-corrected chi connectivity index (χ4v) is 2.62. The molecule has 1 saturated heterocycles. The van der Waals surface area contributed by atoms with Crippen molar-refractivity contribution in [3.8, 4) is 11.5 Å². The van der Waals surface area contributed by atoms with Crippen LogP contribution in [0.15, 0.2) is 28.7 Å². The zero-order valence-corrected chi connectivity index (χ0v) is 11.5. The molecule has 0 aliphatic carbocycles. The predicted molar refractivity (Wildman–Crippen MR) is 74.1 cm³/mol. The van der Waals surface area contributed by atoms with E-state index < -0.39 is 0 Å². The maximum absolute atomic E-state index is 10.9. The molecule has 1 fully saturated rings. The molecule has 1 aromatic heterocycles. The number of hydrogen-bond donors (Lipinski definition) is 0. The number of likely N-dealkylation sites (tertiary alicyclic amines) is 1. The van der Waals surface area contributed by atoms with Gasteiger partial charge in [0.25, 0.3) is 0 Å². The highest BCUT2D eigenvalue weighted by molar-refractivity contribution is 5.57. The second-order valence-corrected chi connectivity index (χ2v) is 5.20. The molecule has 1 aliphatic rings. The Balaban J connectivity index is 1.83. The van der Waals surface area contributed by atoms with Crippen molar-refractivity contribution in [2.45, 2.75) is 25.7 Å². The Morgan fingerprint density at radius 1 is 1.35 bits per heavy atom. The van der Waals surface area contributed by atoms with Gasteiger partial charge in [0.05, 0.1) is 5.92 Å². The Bertz CT molecular complexity index is 609. The van der Waals surface area contributed by atoms with Crippen molar-refractivity contribution in [2.24, 2.45) is 0 Å². The fraction of sp³-hybridized carbons (Fsp3) is 0.400. The summed E-state index contributed by atoms with van der Waals surface area (Å²) in [5.41, 5.74) is 2.08. The van der Waals surface area contributed by atoms with Crippen LogP contribution < -0.4 is 0 Å². The molecule has 104 valence electrons. The first kappa shape index (κ1) is 12.8. The lowest BCUT2D eigenvalue weighted by Gasteiger charge is -2.27. The first-order chi connectivity index (χ1) is 9.78. The number of benzene rings is 1. The molecule has 5 heteroatoms. The minimum atomic E-state index is 0.152. The van der Waals surface area contributed by atoms with E-state index in [-0.39, 0.29) is 5.92 Å². The van der Waals surface area contributed by atoms with Crippen LogP contribution in [0.25, 0.3) is 11.5 Å². The van der Waals surface area contributed by atoms with Gasteiger partial charge in [0.15, 0.2) is 0 Å². The first-order valence-corrected chi connectivity index (χ1v) is 6.86. The molecule has 2 heterocycles. The largest absolute Gasteiger partial charge is 0.420 e. The van der Waals surface area contributed by atoms with E-state index >= 15 is 0 Å².